The maximum Gasteiger partial charge on any atom is 0.107 e. The monoisotopic (exact) mass is 297 g/mol. The summed E-state index contributed by atoms with van der Waals surface area (Å²) in [6.45, 7) is 5.87. The topological polar surface area (TPSA) is 42.1 Å². The van der Waals surface area contributed by atoms with Crippen LogP contribution in [-0.4, -0.2) is 16.5 Å². The Balaban J connectivity index is 2.04. The molecule has 0 unspecified atom stereocenters. The van der Waals surface area contributed by atoms with E-state index in [4.69, 9.17) is 18.0 Å². The lowest BCUT2D eigenvalue weighted by atomic mass is 9.98. The highest BCUT2D eigenvalue weighted by atomic mass is 32.1. The van der Waals surface area contributed by atoms with Crippen molar-refractivity contribution < 1.29 is 0 Å². The Bertz CT molecular complexity index is 709. The fourth-order valence-corrected chi connectivity index (χ4v) is 3.32. The quantitative estimate of drug-likeness (QED) is 0.866. The molecule has 108 valence electrons. The van der Waals surface area contributed by atoms with Gasteiger partial charge in [-0.1, -0.05) is 36.5 Å². The van der Waals surface area contributed by atoms with Gasteiger partial charge in [-0.3, -0.25) is 4.98 Å². The number of aromatic nitrogens is 1. The summed E-state index contributed by atoms with van der Waals surface area (Å²) in [5.74, 6) is 0. The first-order chi connectivity index (χ1) is 10.1. The van der Waals surface area contributed by atoms with Gasteiger partial charge < -0.3 is 10.6 Å². The van der Waals surface area contributed by atoms with Gasteiger partial charge in [0, 0.05) is 24.5 Å². The van der Waals surface area contributed by atoms with Gasteiger partial charge in [0.25, 0.3) is 0 Å². The van der Waals surface area contributed by atoms with Gasteiger partial charge in [-0.2, -0.15) is 0 Å². The number of rotatable bonds is 2. The molecule has 0 amide bonds. The van der Waals surface area contributed by atoms with E-state index in [0.29, 0.717) is 4.99 Å². The smallest absolute Gasteiger partial charge is 0.107 e. The van der Waals surface area contributed by atoms with E-state index in [2.05, 4.69) is 40.2 Å². The van der Waals surface area contributed by atoms with Crippen LogP contribution in [0.2, 0.25) is 0 Å². The fraction of sp³-hybridized carbons (Fsp3) is 0.294. The second-order valence-electron chi connectivity index (χ2n) is 5.55. The third-order valence-electron chi connectivity index (χ3n) is 4.03. The van der Waals surface area contributed by atoms with E-state index < -0.39 is 0 Å². The summed E-state index contributed by atoms with van der Waals surface area (Å²) in [7, 11) is 0. The second kappa shape index (κ2) is 5.45. The Kier molecular flexibility index (Phi) is 3.64. The molecule has 0 spiro atoms. The van der Waals surface area contributed by atoms with Gasteiger partial charge in [0.1, 0.15) is 4.99 Å². The molecule has 3 nitrogen and oxygen atoms in total. The van der Waals surface area contributed by atoms with Crippen molar-refractivity contribution in [1.29, 1.82) is 0 Å². The fourth-order valence-electron chi connectivity index (χ4n) is 3.06. The Labute approximate surface area is 130 Å². The van der Waals surface area contributed by atoms with Crippen LogP contribution >= 0.6 is 12.2 Å². The molecule has 2 N–H and O–H groups in total. The number of hydrogen-bond donors (Lipinski definition) is 1. The zero-order chi connectivity index (χ0) is 15.0. The number of nitrogens with two attached hydrogens (primary N) is 1. The minimum absolute atomic E-state index is 0.425. The van der Waals surface area contributed by atoms with Gasteiger partial charge in [-0.15, -0.1) is 0 Å². The van der Waals surface area contributed by atoms with Crippen molar-refractivity contribution in [2.45, 2.75) is 26.8 Å². The first kappa shape index (κ1) is 14.0. The molecule has 0 radical (unpaired) electrons. The van der Waals surface area contributed by atoms with E-state index in [9.17, 15) is 0 Å². The van der Waals surface area contributed by atoms with Crippen LogP contribution in [0.4, 0.5) is 5.69 Å². The number of anilines is 1. The van der Waals surface area contributed by atoms with Crippen molar-refractivity contribution in [3.05, 3.63) is 58.4 Å². The van der Waals surface area contributed by atoms with Crippen molar-refractivity contribution in [3.8, 4) is 0 Å². The van der Waals surface area contributed by atoms with Gasteiger partial charge in [0.15, 0.2) is 0 Å². The van der Waals surface area contributed by atoms with Gasteiger partial charge in [0.05, 0.1) is 11.3 Å². The van der Waals surface area contributed by atoms with Crippen LogP contribution in [0.3, 0.4) is 0 Å². The van der Waals surface area contributed by atoms with Crippen LogP contribution in [-0.2, 0) is 13.0 Å². The van der Waals surface area contributed by atoms with Crippen molar-refractivity contribution in [3.63, 3.8) is 0 Å². The molecule has 0 aliphatic carbocycles. The molecule has 2 heterocycles. The van der Waals surface area contributed by atoms with Crippen LogP contribution in [0.25, 0.3) is 0 Å². The lowest BCUT2D eigenvalue weighted by Crippen LogP contribution is -2.32. The molecule has 2 aromatic rings. The molecule has 0 saturated heterocycles. The van der Waals surface area contributed by atoms with Gasteiger partial charge in [-0.05, 0) is 37.5 Å². The standard InChI is InChI=1S/C17H19N3S/c1-11-9-15(16(17(18)21)12(2)19-11)20-8-7-13-5-3-4-6-14(13)10-20/h3-6,9H,7-8,10H2,1-2H3,(H2,18,21). The zero-order valence-corrected chi connectivity index (χ0v) is 13.2. The maximum atomic E-state index is 5.93. The van der Waals surface area contributed by atoms with Gasteiger partial charge in [-0.25, -0.2) is 0 Å². The largest absolute Gasteiger partial charge is 0.389 e. The molecular weight excluding hydrogens is 278 g/mol. The van der Waals surface area contributed by atoms with Crippen LogP contribution in [0.1, 0.15) is 28.1 Å². The highest BCUT2D eigenvalue weighted by Crippen LogP contribution is 2.29. The van der Waals surface area contributed by atoms with Crippen molar-refractivity contribution in [2.24, 2.45) is 5.73 Å². The molecule has 4 heteroatoms. The highest BCUT2D eigenvalue weighted by molar-refractivity contribution is 7.80. The van der Waals surface area contributed by atoms with Crippen LogP contribution in [0, 0.1) is 13.8 Å². The van der Waals surface area contributed by atoms with E-state index in [0.717, 1.165) is 42.1 Å². The maximum absolute atomic E-state index is 5.93. The number of thiocarbonyl (C=S) groups is 1. The summed E-state index contributed by atoms with van der Waals surface area (Å²) in [6.07, 6.45) is 1.05. The molecule has 0 saturated carbocycles. The molecular formula is C17H19N3S. The van der Waals surface area contributed by atoms with E-state index in [1.54, 1.807) is 0 Å². The number of benzene rings is 1. The van der Waals surface area contributed by atoms with Crippen LogP contribution in [0.15, 0.2) is 30.3 Å². The van der Waals surface area contributed by atoms with Crippen molar-refractivity contribution >= 4 is 22.9 Å². The highest BCUT2D eigenvalue weighted by Gasteiger charge is 2.21. The van der Waals surface area contributed by atoms with Gasteiger partial charge >= 0.3 is 0 Å². The Morgan fingerprint density at radius 3 is 2.67 bits per heavy atom. The second-order valence-corrected chi connectivity index (χ2v) is 5.99. The predicted molar refractivity (Wildman–Crippen MR) is 90.8 cm³/mol. The molecule has 0 fully saturated rings. The summed E-state index contributed by atoms with van der Waals surface area (Å²) < 4.78 is 0. The number of aryl methyl sites for hydroxylation is 2. The minimum atomic E-state index is 0.425. The molecule has 0 atom stereocenters. The molecule has 1 aromatic heterocycles. The van der Waals surface area contributed by atoms with Crippen molar-refractivity contribution in [1.82, 2.24) is 4.98 Å². The van der Waals surface area contributed by atoms with E-state index >= 15 is 0 Å². The predicted octanol–water partition coefficient (Wildman–Crippen LogP) is 2.90. The van der Waals surface area contributed by atoms with Gasteiger partial charge in [0.2, 0.25) is 0 Å². The Hall–Kier alpha value is -1.94. The summed E-state index contributed by atoms with van der Waals surface area (Å²) in [5.41, 5.74) is 12.7. The first-order valence-corrected chi connectivity index (χ1v) is 7.57. The SMILES string of the molecule is Cc1cc(N2CCc3ccccc3C2)c(C(N)=S)c(C)n1. The zero-order valence-electron chi connectivity index (χ0n) is 12.4. The van der Waals surface area contributed by atoms with E-state index in [1.807, 2.05) is 13.8 Å². The molecule has 1 aliphatic heterocycles. The Morgan fingerprint density at radius 1 is 1.24 bits per heavy atom. The molecule has 0 bridgehead atoms. The van der Waals surface area contributed by atoms with Crippen LogP contribution < -0.4 is 10.6 Å². The summed E-state index contributed by atoms with van der Waals surface area (Å²) in [6, 6.07) is 10.7. The average molecular weight is 297 g/mol. The van der Waals surface area contributed by atoms with E-state index in [-0.39, 0.29) is 0 Å². The number of pyridine rings is 1. The van der Waals surface area contributed by atoms with Crippen molar-refractivity contribution in [2.75, 3.05) is 11.4 Å². The summed E-state index contributed by atoms with van der Waals surface area (Å²) >= 11 is 5.24. The minimum Gasteiger partial charge on any atom is -0.389 e. The molecule has 1 aliphatic rings. The van der Waals surface area contributed by atoms with E-state index in [1.165, 1.54) is 11.1 Å². The number of nitrogens with zero attached hydrogens (tertiary/aromatic N) is 2. The summed E-state index contributed by atoms with van der Waals surface area (Å²) in [4.78, 5) is 7.28. The van der Waals surface area contributed by atoms with Crippen LogP contribution in [0.5, 0.6) is 0 Å². The Morgan fingerprint density at radius 2 is 1.95 bits per heavy atom. The first-order valence-electron chi connectivity index (χ1n) is 7.16. The number of fused-ring (bicyclic) bond motifs is 1. The summed E-state index contributed by atoms with van der Waals surface area (Å²) in [5, 5.41) is 0. The third-order valence-corrected chi connectivity index (χ3v) is 4.23. The third kappa shape index (κ3) is 2.63. The normalized spacial score (nSPS) is 13.9. The lowest BCUT2D eigenvalue weighted by molar-refractivity contribution is 0.729. The number of hydrogen-bond acceptors (Lipinski definition) is 3. The molecule has 21 heavy (non-hydrogen) atoms. The lowest BCUT2D eigenvalue weighted by Gasteiger charge is -2.32. The molecule has 3 rings (SSSR count). The average Bonchev–Trinajstić information content (AvgIpc) is 2.45. The molecule has 1 aromatic carbocycles.